The normalized spacial score (nSPS) is 13.2. The molecule has 0 amide bonds. The van der Waals surface area contributed by atoms with Crippen molar-refractivity contribution in [1.82, 2.24) is 0 Å². The van der Waals surface area contributed by atoms with Crippen molar-refractivity contribution in [3.8, 4) is 0 Å². The fourth-order valence-electron chi connectivity index (χ4n) is 2.33. The monoisotopic (exact) mass is 281 g/mol. The van der Waals surface area contributed by atoms with E-state index in [2.05, 4.69) is 64.1 Å². The lowest BCUT2D eigenvalue weighted by Gasteiger charge is -2.09. The minimum atomic E-state index is 0.679. The van der Waals surface area contributed by atoms with E-state index in [-0.39, 0.29) is 0 Å². The maximum Gasteiger partial charge on any atom is 0.0174 e. The lowest BCUT2D eigenvalue weighted by atomic mass is 9.96. The van der Waals surface area contributed by atoms with Crippen LogP contribution >= 0.6 is 0 Å². The summed E-state index contributed by atoms with van der Waals surface area (Å²) in [4.78, 5) is 0. The largest absolute Gasteiger partial charge is 0.309 e. The van der Waals surface area contributed by atoms with Gasteiger partial charge in [0.05, 0.1) is 0 Å². The Morgan fingerprint density at radius 1 is 1.29 bits per heavy atom. The van der Waals surface area contributed by atoms with Crippen molar-refractivity contribution in [3.05, 3.63) is 65.3 Å². The van der Waals surface area contributed by atoms with Crippen LogP contribution in [0.5, 0.6) is 0 Å². The smallest absolute Gasteiger partial charge is 0.0174 e. The van der Waals surface area contributed by atoms with E-state index in [1.165, 1.54) is 28.5 Å². The highest BCUT2D eigenvalue weighted by Crippen LogP contribution is 2.21. The van der Waals surface area contributed by atoms with Gasteiger partial charge < -0.3 is 5.41 Å². The first kappa shape index (κ1) is 17.2. The SMILES string of the molecule is C/C=C(\C=C(/C)C/C=C\C=N)c1cccc(CC(C)C)c1. The Balaban J connectivity index is 2.92. The van der Waals surface area contributed by atoms with Crippen molar-refractivity contribution in [1.29, 1.82) is 5.41 Å². The highest BCUT2D eigenvalue weighted by atomic mass is 14.3. The average Bonchev–Trinajstić information content (AvgIpc) is 2.44. The van der Waals surface area contributed by atoms with Gasteiger partial charge in [0.2, 0.25) is 0 Å². The molecule has 0 saturated heterocycles. The van der Waals surface area contributed by atoms with Crippen molar-refractivity contribution in [2.45, 2.75) is 40.5 Å². The van der Waals surface area contributed by atoms with E-state index in [9.17, 15) is 0 Å². The van der Waals surface area contributed by atoms with Gasteiger partial charge in [-0.05, 0) is 55.4 Å². The van der Waals surface area contributed by atoms with Crippen molar-refractivity contribution in [3.63, 3.8) is 0 Å². The summed E-state index contributed by atoms with van der Waals surface area (Å²) < 4.78 is 0. The molecule has 0 aliphatic carbocycles. The van der Waals surface area contributed by atoms with Crippen molar-refractivity contribution < 1.29 is 0 Å². The Kier molecular flexibility index (Phi) is 7.45. The Labute approximate surface area is 129 Å². The third-order valence-electron chi connectivity index (χ3n) is 3.29. The number of hydrogen-bond donors (Lipinski definition) is 1. The first-order valence-electron chi connectivity index (χ1n) is 7.65. The lowest BCUT2D eigenvalue weighted by Crippen LogP contribution is -1.95. The highest BCUT2D eigenvalue weighted by molar-refractivity contribution is 5.75. The van der Waals surface area contributed by atoms with Crippen molar-refractivity contribution >= 4 is 11.8 Å². The molecule has 1 N–H and O–H groups in total. The van der Waals surface area contributed by atoms with Gasteiger partial charge in [0, 0.05) is 6.21 Å². The second kappa shape index (κ2) is 9.12. The third kappa shape index (κ3) is 6.40. The minimum Gasteiger partial charge on any atom is -0.309 e. The van der Waals surface area contributed by atoms with E-state index in [4.69, 9.17) is 5.41 Å². The van der Waals surface area contributed by atoms with Crippen LogP contribution in [0.15, 0.2) is 54.1 Å². The molecule has 21 heavy (non-hydrogen) atoms. The summed E-state index contributed by atoms with van der Waals surface area (Å²) in [5, 5.41) is 7.00. The molecule has 1 heteroatoms. The molecule has 0 unspecified atom stereocenters. The van der Waals surface area contributed by atoms with Crippen molar-refractivity contribution in [2.75, 3.05) is 0 Å². The summed E-state index contributed by atoms with van der Waals surface area (Å²) >= 11 is 0. The first-order chi connectivity index (χ1) is 10.1. The zero-order valence-electron chi connectivity index (χ0n) is 13.7. The van der Waals surface area contributed by atoms with E-state index in [1.807, 2.05) is 6.08 Å². The average molecular weight is 281 g/mol. The molecule has 0 saturated carbocycles. The maximum atomic E-state index is 7.00. The van der Waals surface area contributed by atoms with E-state index in [0.717, 1.165) is 12.8 Å². The molecule has 0 radical (unpaired) electrons. The van der Waals surface area contributed by atoms with Gasteiger partial charge in [-0.25, -0.2) is 0 Å². The maximum absolute atomic E-state index is 7.00. The quantitative estimate of drug-likeness (QED) is 0.480. The predicted molar refractivity (Wildman–Crippen MR) is 94.9 cm³/mol. The molecule has 1 rings (SSSR count). The van der Waals surface area contributed by atoms with Gasteiger partial charge in [-0.2, -0.15) is 0 Å². The second-order valence-corrected chi connectivity index (χ2v) is 5.83. The van der Waals surface area contributed by atoms with Crippen LogP contribution in [-0.4, -0.2) is 6.21 Å². The molecule has 1 nitrogen and oxygen atoms in total. The summed E-state index contributed by atoms with van der Waals surface area (Å²) in [7, 11) is 0. The van der Waals surface area contributed by atoms with Gasteiger partial charge in [0.25, 0.3) is 0 Å². The predicted octanol–water partition coefficient (Wildman–Crippen LogP) is 5.83. The van der Waals surface area contributed by atoms with Crippen LogP contribution in [0, 0.1) is 11.3 Å². The zero-order valence-corrected chi connectivity index (χ0v) is 13.7. The van der Waals surface area contributed by atoms with Gasteiger partial charge in [-0.3, -0.25) is 0 Å². The van der Waals surface area contributed by atoms with Crippen LogP contribution in [0.1, 0.15) is 45.2 Å². The van der Waals surface area contributed by atoms with Crippen LogP contribution in [0.4, 0.5) is 0 Å². The fourth-order valence-corrected chi connectivity index (χ4v) is 2.33. The highest BCUT2D eigenvalue weighted by Gasteiger charge is 2.02. The lowest BCUT2D eigenvalue weighted by molar-refractivity contribution is 0.647. The van der Waals surface area contributed by atoms with Crippen molar-refractivity contribution in [2.24, 2.45) is 5.92 Å². The van der Waals surface area contributed by atoms with Crippen LogP contribution < -0.4 is 0 Å². The summed E-state index contributed by atoms with van der Waals surface area (Å²) in [6.45, 7) is 8.73. The van der Waals surface area contributed by atoms with Gasteiger partial charge in [0.1, 0.15) is 0 Å². The molecule has 0 aromatic heterocycles. The Morgan fingerprint density at radius 3 is 2.67 bits per heavy atom. The Bertz CT molecular complexity index is 545. The molecule has 0 atom stereocenters. The molecule has 0 spiro atoms. The van der Waals surface area contributed by atoms with Gasteiger partial charge in [0.15, 0.2) is 0 Å². The van der Waals surface area contributed by atoms with E-state index < -0.39 is 0 Å². The standard InChI is InChI=1S/C20H27N/c1-5-19(14-17(4)9-6-7-12-21)20-11-8-10-18(15-20)13-16(2)3/h5-8,10-12,14-16,21H,9,13H2,1-4H3/b7-6-,17-14+,19-5+,21-12?. The second-order valence-electron chi connectivity index (χ2n) is 5.83. The van der Waals surface area contributed by atoms with Gasteiger partial charge in [-0.15, -0.1) is 0 Å². The molecule has 1 aromatic carbocycles. The Morgan fingerprint density at radius 2 is 2.05 bits per heavy atom. The van der Waals surface area contributed by atoms with E-state index in [0.29, 0.717) is 5.92 Å². The molecular formula is C20H27N. The molecule has 0 bridgehead atoms. The first-order valence-corrected chi connectivity index (χ1v) is 7.65. The number of hydrogen-bond acceptors (Lipinski definition) is 1. The van der Waals surface area contributed by atoms with E-state index in [1.54, 1.807) is 6.08 Å². The summed E-state index contributed by atoms with van der Waals surface area (Å²) in [6, 6.07) is 8.83. The molecule has 0 aliphatic heterocycles. The number of allylic oxidation sites excluding steroid dienone is 6. The molecule has 0 fully saturated rings. The van der Waals surface area contributed by atoms with Gasteiger partial charge >= 0.3 is 0 Å². The Hall–Kier alpha value is -1.89. The van der Waals surface area contributed by atoms with Gasteiger partial charge in [-0.1, -0.05) is 61.9 Å². The van der Waals surface area contributed by atoms with Crippen LogP contribution in [0.2, 0.25) is 0 Å². The molecular weight excluding hydrogens is 254 g/mol. The fraction of sp³-hybridized carbons (Fsp3) is 0.350. The number of benzene rings is 1. The molecule has 0 heterocycles. The molecule has 112 valence electrons. The van der Waals surface area contributed by atoms with Crippen LogP contribution in [-0.2, 0) is 6.42 Å². The molecule has 0 aliphatic rings. The van der Waals surface area contributed by atoms with Crippen LogP contribution in [0.25, 0.3) is 5.57 Å². The van der Waals surface area contributed by atoms with E-state index >= 15 is 0 Å². The number of rotatable bonds is 7. The summed E-state index contributed by atoms with van der Waals surface area (Å²) in [6.07, 6.45) is 11.5. The minimum absolute atomic E-state index is 0.679. The third-order valence-corrected chi connectivity index (χ3v) is 3.29. The summed E-state index contributed by atoms with van der Waals surface area (Å²) in [5.74, 6) is 0.679. The van der Waals surface area contributed by atoms with Crippen LogP contribution in [0.3, 0.4) is 0 Å². The zero-order chi connectivity index (χ0) is 15.7. The summed E-state index contributed by atoms with van der Waals surface area (Å²) in [5.41, 5.74) is 5.25. The molecule has 1 aromatic rings. The topological polar surface area (TPSA) is 23.9 Å². The number of nitrogens with one attached hydrogen (secondary N) is 1.